The maximum atomic E-state index is 12.8. The van der Waals surface area contributed by atoms with Crippen molar-refractivity contribution < 1.29 is 4.79 Å². The molecule has 0 spiro atoms. The van der Waals surface area contributed by atoms with Gasteiger partial charge in [0.1, 0.15) is 17.3 Å². The van der Waals surface area contributed by atoms with Gasteiger partial charge in [-0.05, 0) is 25.0 Å². The maximum Gasteiger partial charge on any atom is 0.255 e. The third-order valence-corrected chi connectivity index (χ3v) is 5.17. The van der Waals surface area contributed by atoms with Gasteiger partial charge in [-0.1, -0.05) is 12.8 Å². The summed E-state index contributed by atoms with van der Waals surface area (Å²) in [5.41, 5.74) is 3.21. The Morgan fingerprint density at radius 3 is 2.81 bits per heavy atom. The Morgan fingerprint density at radius 2 is 2.11 bits per heavy atom. The van der Waals surface area contributed by atoms with Crippen molar-refractivity contribution in [1.82, 2.24) is 29.2 Å². The predicted octanol–water partition coefficient (Wildman–Crippen LogP) is 2.42. The summed E-state index contributed by atoms with van der Waals surface area (Å²) in [7, 11) is 3.42. The third kappa shape index (κ3) is 3.16. The van der Waals surface area contributed by atoms with E-state index in [0.717, 1.165) is 24.0 Å². The van der Waals surface area contributed by atoms with Crippen LogP contribution in [0.4, 0.5) is 0 Å². The number of hydrogen-bond donors (Lipinski definition) is 0. The van der Waals surface area contributed by atoms with Crippen LogP contribution in [0.5, 0.6) is 0 Å². The molecule has 0 unspecified atom stereocenters. The monoisotopic (exact) mass is 363 g/mol. The van der Waals surface area contributed by atoms with Crippen molar-refractivity contribution in [3.05, 3.63) is 41.6 Å². The second-order valence-electron chi connectivity index (χ2n) is 7.07. The van der Waals surface area contributed by atoms with Gasteiger partial charge in [0.2, 0.25) is 0 Å². The lowest BCUT2D eigenvalue weighted by atomic mass is 10.2. The lowest BCUT2D eigenvalue weighted by molar-refractivity contribution is 0.0783. The molecule has 1 amide bonds. The number of rotatable bonds is 4. The molecule has 1 aliphatic carbocycles. The standard InChI is InChI=1S/C19H21N7O/c1-24(11-14-8-16(9-20)25(2)23-14)19(27)13-7-17-18(21-10-13)26(12-22-17)15-5-3-4-6-15/h7-8,10,12,15H,3-6,11H2,1-2H3. The molecule has 3 heterocycles. The van der Waals surface area contributed by atoms with E-state index in [2.05, 4.69) is 25.7 Å². The number of nitriles is 1. The van der Waals surface area contributed by atoms with Crippen LogP contribution in [0.1, 0.15) is 53.5 Å². The number of pyridine rings is 1. The second-order valence-corrected chi connectivity index (χ2v) is 7.07. The van der Waals surface area contributed by atoms with Crippen molar-refractivity contribution in [2.45, 2.75) is 38.3 Å². The van der Waals surface area contributed by atoms with E-state index in [-0.39, 0.29) is 5.91 Å². The smallest absolute Gasteiger partial charge is 0.255 e. The Morgan fingerprint density at radius 1 is 1.33 bits per heavy atom. The summed E-state index contributed by atoms with van der Waals surface area (Å²) >= 11 is 0. The molecule has 0 bridgehead atoms. The van der Waals surface area contributed by atoms with E-state index >= 15 is 0 Å². The van der Waals surface area contributed by atoms with Gasteiger partial charge in [-0.25, -0.2) is 9.97 Å². The highest BCUT2D eigenvalue weighted by Gasteiger charge is 2.21. The molecule has 0 saturated heterocycles. The van der Waals surface area contributed by atoms with Crippen molar-refractivity contribution in [1.29, 1.82) is 5.26 Å². The number of imidazole rings is 1. The molecule has 3 aromatic heterocycles. The molecule has 0 aromatic carbocycles. The molecule has 8 nitrogen and oxygen atoms in total. The van der Waals surface area contributed by atoms with Crippen LogP contribution in [0.25, 0.3) is 11.2 Å². The highest BCUT2D eigenvalue weighted by molar-refractivity contribution is 5.96. The van der Waals surface area contributed by atoms with Crippen LogP contribution >= 0.6 is 0 Å². The minimum atomic E-state index is -0.149. The fourth-order valence-corrected chi connectivity index (χ4v) is 3.73. The normalized spacial score (nSPS) is 14.6. The molecule has 1 fully saturated rings. The van der Waals surface area contributed by atoms with E-state index in [0.29, 0.717) is 29.5 Å². The molecule has 4 rings (SSSR count). The number of amides is 1. The molecular formula is C19H21N7O. The van der Waals surface area contributed by atoms with Crippen molar-refractivity contribution >= 4 is 17.1 Å². The van der Waals surface area contributed by atoms with Gasteiger partial charge >= 0.3 is 0 Å². The van der Waals surface area contributed by atoms with Gasteiger partial charge in [0, 0.05) is 26.3 Å². The van der Waals surface area contributed by atoms with Gasteiger partial charge < -0.3 is 9.47 Å². The second kappa shape index (κ2) is 6.83. The van der Waals surface area contributed by atoms with Gasteiger partial charge in [-0.2, -0.15) is 10.4 Å². The highest BCUT2D eigenvalue weighted by atomic mass is 16.2. The van der Waals surface area contributed by atoms with Crippen LogP contribution in [-0.2, 0) is 13.6 Å². The quantitative estimate of drug-likeness (QED) is 0.710. The molecule has 1 aliphatic rings. The Labute approximate surface area is 157 Å². The van der Waals surface area contributed by atoms with E-state index in [4.69, 9.17) is 5.26 Å². The lowest BCUT2D eigenvalue weighted by Crippen LogP contribution is -2.26. The van der Waals surface area contributed by atoms with Crippen molar-refractivity contribution in [3.63, 3.8) is 0 Å². The van der Waals surface area contributed by atoms with E-state index in [9.17, 15) is 4.79 Å². The highest BCUT2D eigenvalue weighted by Crippen LogP contribution is 2.31. The first kappa shape index (κ1) is 17.2. The number of aryl methyl sites for hydroxylation is 1. The van der Waals surface area contributed by atoms with E-state index in [1.54, 1.807) is 37.3 Å². The van der Waals surface area contributed by atoms with Crippen molar-refractivity contribution in [2.24, 2.45) is 7.05 Å². The first-order valence-electron chi connectivity index (χ1n) is 9.08. The van der Waals surface area contributed by atoms with Crippen LogP contribution in [0, 0.1) is 11.3 Å². The summed E-state index contributed by atoms with van der Waals surface area (Å²) < 4.78 is 3.65. The Bertz CT molecular complexity index is 1040. The molecule has 0 atom stereocenters. The molecule has 0 radical (unpaired) electrons. The summed E-state index contributed by atoms with van der Waals surface area (Å²) in [5.74, 6) is -0.149. The Kier molecular flexibility index (Phi) is 4.36. The summed E-state index contributed by atoms with van der Waals surface area (Å²) in [6.07, 6.45) is 8.26. The van der Waals surface area contributed by atoms with Gasteiger partial charge in [-0.15, -0.1) is 0 Å². The molecule has 1 saturated carbocycles. The predicted molar refractivity (Wildman–Crippen MR) is 98.8 cm³/mol. The number of carbonyl (C=O) groups is 1. The maximum absolute atomic E-state index is 12.8. The van der Waals surface area contributed by atoms with Gasteiger partial charge in [0.15, 0.2) is 5.65 Å². The fraction of sp³-hybridized carbons (Fsp3) is 0.421. The van der Waals surface area contributed by atoms with E-state index in [1.165, 1.54) is 17.5 Å². The molecule has 0 aliphatic heterocycles. The van der Waals surface area contributed by atoms with Crippen LogP contribution in [-0.4, -0.2) is 42.2 Å². The minimum absolute atomic E-state index is 0.149. The molecule has 0 N–H and O–H groups in total. The van der Waals surface area contributed by atoms with Gasteiger partial charge in [0.25, 0.3) is 5.91 Å². The fourth-order valence-electron chi connectivity index (χ4n) is 3.73. The van der Waals surface area contributed by atoms with Crippen LogP contribution < -0.4 is 0 Å². The number of hydrogen-bond acceptors (Lipinski definition) is 5. The minimum Gasteiger partial charge on any atom is -0.336 e. The zero-order chi connectivity index (χ0) is 19.0. The zero-order valence-electron chi connectivity index (χ0n) is 15.5. The summed E-state index contributed by atoms with van der Waals surface area (Å²) in [4.78, 5) is 23.3. The van der Waals surface area contributed by atoms with E-state index in [1.807, 2.05) is 6.33 Å². The first-order chi connectivity index (χ1) is 13.1. The summed E-state index contributed by atoms with van der Waals surface area (Å²) in [6.45, 7) is 0.322. The van der Waals surface area contributed by atoms with Crippen molar-refractivity contribution in [3.8, 4) is 6.07 Å². The van der Waals surface area contributed by atoms with E-state index < -0.39 is 0 Å². The largest absolute Gasteiger partial charge is 0.336 e. The average Bonchev–Trinajstić information content (AvgIpc) is 3.39. The molecular weight excluding hydrogens is 342 g/mol. The lowest BCUT2D eigenvalue weighted by Gasteiger charge is -2.16. The van der Waals surface area contributed by atoms with Crippen LogP contribution in [0.3, 0.4) is 0 Å². The Balaban J connectivity index is 1.54. The van der Waals surface area contributed by atoms with Crippen LogP contribution in [0.15, 0.2) is 24.7 Å². The van der Waals surface area contributed by atoms with Crippen molar-refractivity contribution in [2.75, 3.05) is 7.05 Å². The summed E-state index contributed by atoms with van der Waals surface area (Å²) in [6, 6.07) is 6.02. The molecule has 8 heteroatoms. The first-order valence-corrected chi connectivity index (χ1v) is 9.08. The third-order valence-electron chi connectivity index (χ3n) is 5.17. The van der Waals surface area contributed by atoms with Crippen LogP contribution in [0.2, 0.25) is 0 Å². The number of aromatic nitrogens is 5. The topological polar surface area (TPSA) is 92.6 Å². The summed E-state index contributed by atoms with van der Waals surface area (Å²) in [5, 5.41) is 13.3. The SMILES string of the molecule is CN(Cc1cc(C#N)n(C)n1)C(=O)c1cnc2c(c1)ncn2C1CCCC1. The molecule has 27 heavy (non-hydrogen) atoms. The number of fused-ring (bicyclic) bond motifs is 1. The molecule has 138 valence electrons. The average molecular weight is 363 g/mol. The van der Waals surface area contributed by atoms with Gasteiger partial charge in [-0.3, -0.25) is 9.48 Å². The molecule has 3 aromatic rings. The zero-order valence-corrected chi connectivity index (χ0v) is 15.5. The Hall–Kier alpha value is -3.21. The number of carbonyl (C=O) groups excluding carboxylic acids is 1. The van der Waals surface area contributed by atoms with Gasteiger partial charge in [0.05, 0.1) is 24.1 Å². The number of nitrogens with zero attached hydrogens (tertiary/aromatic N) is 7.